The quantitative estimate of drug-likeness (QED) is 0.812. The average molecular weight is 311 g/mol. The van der Waals surface area contributed by atoms with Crippen LogP contribution >= 0.6 is 11.3 Å². The Kier molecular flexibility index (Phi) is 5.16. The minimum absolute atomic E-state index is 0.0101. The number of morpholine rings is 1. The molecule has 1 aromatic heterocycles. The van der Waals surface area contributed by atoms with Crippen LogP contribution in [0.5, 0.6) is 0 Å². The van der Waals surface area contributed by atoms with E-state index >= 15 is 0 Å². The molecule has 0 radical (unpaired) electrons. The summed E-state index contributed by atoms with van der Waals surface area (Å²) in [6.45, 7) is 6.24. The number of hydrogen-bond donors (Lipinski definition) is 2. The summed E-state index contributed by atoms with van der Waals surface area (Å²) >= 11 is 1.61. The number of rotatable bonds is 5. The van der Waals surface area contributed by atoms with Crippen LogP contribution in [-0.4, -0.2) is 52.5 Å². The zero-order valence-electron chi connectivity index (χ0n) is 12.3. The van der Waals surface area contributed by atoms with Crippen LogP contribution in [0.3, 0.4) is 0 Å². The molecule has 0 saturated carbocycles. The summed E-state index contributed by atoms with van der Waals surface area (Å²) in [7, 11) is 0. The number of nitrogens with zero attached hydrogens (tertiary/aromatic N) is 1. The Balaban J connectivity index is 2.07. The van der Waals surface area contributed by atoms with Gasteiger partial charge in [0.25, 0.3) is 0 Å². The highest BCUT2D eigenvalue weighted by molar-refractivity contribution is 7.10. The van der Waals surface area contributed by atoms with Crippen molar-refractivity contribution < 1.29 is 19.7 Å². The molecule has 1 saturated heterocycles. The fourth-order valence-corrected chi connectivity index (χ4v) is 3.53. The number of carboxylic acid groups (broad SMARTS) is 1. The molecule has 1 aliphatic rings. The van der Waals surface area contributed by atoms with Gasteiger partial charge in [-0.1, -0.05) is 0 Å². The first kappa shape index (κ1) is 16.2. The molecule has 116 valence electrons. The second-order valence-electron chi connectivity index (χ2n) is 5.82. The smallest absolute Gasteiger partial charge is 0.328 e. The molecule has 1 atom stereocenters. The average Bonchev–Trinajstić information content (AvgIpc) is 2.81. The molecule has 0 bridgehead atoms. The normalized spacial score (nSPS) is 22.7. The van der Waals surface area contributed by atoms with Gasteiger partial charge in [0.2, 0.25) is 0 Å². The molecule has 0 amide bonds. The number of aliphatic hydroxyl groups excluding tert-OH is 1. The lowest BCUT2D eigenvalue weighted by Gasteiger charge is -2.42. The summed E-state index contributed by atoms with van der Waals surface area (Å²) in [5.41, 5.74) is 0.646. The third-order valence-electron chi connectivity index (χ3n) is 3.31. The molecule has 21 heavy (non-hydrogen) atoms. The van der Waals surface area contributed by atoms with Crippen molar-refractivity contribution in [1.29, 1.82) is 0 Å². The standard InChI is InChI=1S/C15H21NO4S/c1-15(2)10-16(7-12(9-17)20-15)8-13-11(5-6-21-13)3-4-14(18)19/h3-6,12,17H,7-10H2,1-2H3,(H,18,19)/b4-3+. The summed E-state index contributed by atoms with van der Waals surface area (Å²) in [5, 5.41) is 20.0. The van der Waals surface area contributed by atoms with Gasteiger partial charge in [-0.25, -0.2) is 4.79 Å². The Bertz CT molecular complexity index is 523. The highest BCUT2D eigenvalue weighted by Gasteiger charge is 2.33. The van der Waals surface area contributed by atoms with E-state index in [1.165, 1.54) is 0 Å². The monoisotopic (exact) mass is 311 g/mol. The Morgan fingerprint density at radius 2 is 2.38 bits per heavy atom. The summed E-state index contributed by atoms with van der Waals surface area (Å²) in [5.74, 6) is -0.944. The van der Waals surface area contributed by atoms with E-state index in [9.17, 15) is 9.90 Å². The van der Waals surface area contributed by atoms with Crippen molar-refractivity contribution in [3.8, 4) is 0 Å². The van der Waals surface area contributed by atoms with Crippen molar-refractivity contribution in [1.82, 2.24) is 4.90 Å². The molecule has 6 heteroatoms. The van der Waals surface area contributed by atoms with E-state index in [0.717, 1.165) is 29.6 Å². The highest BCUT2D eigenvalue weighted by atomic mass is 32.1. The lowest BCUT2D eigenvalue weighted by atomic mass is 10.0. The molecule has 2 N–H and O–H groups in total. The lowest BCUT2D eigenvalue weighted by Crippen LogP contribution is -2.53. The Labute approximate surface area is 128 Å². The molecule has 5 nitrogen and oxygen atoms in total. The molecule has 2 rings (SSSR count). The first-order chi connectivity index (χ1) is 9.89. The van der Waals surface area contributed by atoms with Gasteiger partial charge in [-0.2, -0.15) is 0 Å². The van der Waals surface area contributed by atoms with Crippen LogP contribution in [0.1, 0.15) is 24.3 Å². The van der Waals surface area contributed by atoms with E-state index in [1.54, 1.807) is 17.4 Å². The minimum Gasteiger partial charge on any atom is -0.478 e. The van der Waals surface area contributed by atoms with Crippen LogP contribution in [-0.2, 0) is 16.1 Å². The number of thiophene rings is 1. The van der Waals surface area contributed by atoms with Gasteiger partial charge in [-0.3, -0.25) is 4.90 Å². The maximum Gasteiger partial charge on any atom is 0.328 e. The topological polar surface area (TPSA) is 70.0 Å². The van der Waals surface area contributed by atoms with Crippen molar-refractivity contribution in [3.63, 3.8) is 0 Å². The molecule has 2 heterocycles. The maximum absolute atomic E-state index is 10.6. The minimum atomic E-state index is -0.944. The second kappa shape index (κ2) is 6.70. The van der Waals surface area contributed by atoms with Crippen LogP contribution in [0.4, 0.5) is 0 Å². The van der Waals surface area contributed by atoms with Crippen LogP contribution in [0.2, 0.25) is 0 Å². The third-order valence-corrected chi connectivity index (χ3v) is 4.23. The number of aliphatic hydroxyl groups is 1. The van der Waals surface area contributed by atoms with Gasteiger partial charge in [-0.05, 0) is 36.9 Å². The van der Waals surface area contributed by atoms with E-state index < -0.39 is 5.97 Å². The molecule has 0 aromatic carbocycles. The SMILES string of the molecule is CC1(C)CN(Cc2sccc2/C=C/C(=O)O)CC(CO)O1. The van der Waals surface area contributed by atoms with Gasteiger partial charge in [0.1, 0.15) is 0 Å². The molecule has 0 aliphatic carbocycles. The zero-order valence-corrected chi connectivity index (χ0v) is 13.1. The van der Waals surface area contributed by atoms with Gasteiger partial charge in [0.05, 0.1) is 18.3 Å². The van der Waals surface area contributed by atoms with Gasteiger partial charge >= 0.3 is 5.97 Å². The number of carbonyl (C=O) groups is 1. The third kappa shape index (κ3) is 4.64. The molecule has 0 spiro atoms. The van der Waals surface area contributed by atoms with Gasteiger partial charge in [0, 0.05) is 30.6 Å². The van der Waals surface area contributed by atoms with Crippen LogP contribution in [0, 0.1) is 0 Å². The van der Waals surface area contributed by atoms with Gasteiger partial charge in [-0.15, -0.1) is 11.3 Å². The van der Waals surface area contributed by atoms with E-state index in [2.05, 4.69) is 4.90 Å². The van der Waals surface area contributed by atoms with Crippen molar-refractivity contribution in [2.24, 2.45) is 0 Å². The first-order valence-electron chi connectivity index (χ1n) is 6.88. The van der Waals surface area contributed by atoms with E-state index in [1.807, 2.05) is 25.3 Å². The zero-order chi connectivity index (χ0) is 15.5. The Morgan fingerprint density at radius 1 is 1.62 bits per heavy atom. The van der Waals surface area contributed by atoms with Crippen molar-refractivity contribution >= 4 is 23.4 Å². The summed E-state index contributed by atoms with van der Waals surface area (Å²) in [6, 6.07) is 1.93. The van der Waals surface area contributed by atoms with E-state index in [4.69, 9.17) is 9.84 Å². The second-order valence-corrected chi connectivity index (χ2v) is 6.82. The number of ether oxygens (including phenoxy) is 1. The fraction of sp³-hybridized carbons (Fsp3) is 0.533. The number of carboxylic acids is 1. The Morgan fingerprint density at radius 3 is 3.05 bits per heavy atom. The summed E-state index contributed by atoms with van der Waals surface area (Å²) in [6.07, 6.45) is 2.61. The maximum atomic E-state index is 10.6. The van der Waals surface area contributed by atoms with Crippen LogP contribution < -0.4 is 0 Å². The van der Waals surface area contributed by atoms with Crippen molar-refractivity contribution in [2.45, 2.75) is 32.1 Å². The van der Waals surface area contributed by atoms with Crippen LogP contribution in [0.15, 0.2) is 17.5 Å². The molecule has 1 aromatic rings. The van der Waals surface area contributed by atoms with E-state index in [-0.39, 0.29) is 18.3 Å². The van der Waals surface area contributed by atoms with Gasteiger partial charge in [0.15, 0.2) is 0 Å². The molecule has 1 aliphatic heterocycles. The highest BCUT2D eigenvalue weighted by Crippen LogP contribution is 2.26. The Hall–Kier alpha value is -1.21. The first-order valence-corrected chi connectivity index (χ1v) is 7.76. The predicted octanol–water partition coefficient (Wildman–Crippen LogP) is 1.82. The van der Waals surface area contributed by atoms with E-state index in [0.29, 0.717) is 6.54 Å². The largest absolute Gasteiger partial charge is 0.478 e. The molecular weight excluding hydrogens is 290 g/mol. The number of aliphatic carboxylic acids is 1. The predicted molar refractivity (Wildman–Crippen MR) is 82.3 cm³/mol. The molecule has 1 unspecified atom stereocenters. The van der Waals surface area contributed by atoms with Crippen molar-refractivity contribution in [3.05, 3.63) is 28.0 Å². The van der Waals surface area contributed by atoms with Crippen LogP contribution in [0.25, 0.3) is 6.08 Å². The summed E-state index contributed by atoms with van der Waals surface area (Å²) in [4.78, 5) is 14.0. The van der Waals surface area contributed by atoms with Gasteiger partial charge < -0.3 is 14.9 Å². The molecular formula is C15H21NO4S. The lowest BCUT2D eigenvalue weighted by molar-refractivity contribution is -0.150. The van der Waals surface area contributed by atoms with Crippen molar-refractivity contribution in [2.75, 3.05) is 19.7 Å². The fourth-order valence-electron chi connectivity index (χ4n) is 2.62. The molecule has 1 fully saturated rings. The number of hydrogen-bond acceptors (Lipinski definition) is 5. The summed E-state index contributed by atoms with van der Waals surface area (Å²) < 4.78 is 5.80.